The summed E-state index contributed by atoms with van der Waals surface area (Å²) in [5, 5.41) is 4.65. The summed E-state index contributed by atoms with van der Waals surface area (Å²) in [6.07, 6.45) is 2.48. The number of likely N-dealkylation sites (tertiary alicyclic amines) is 1. The molecule has 0 radical (unpaired) electrons. The quantitative estimate of drug-likeness (QED) is 0.914. The van der Waals surface area contributed by atoms with E-state index in [1.165, 1.54) is 12.8 Å². The first-order valence-corrected chi connectivity index (χ1v) is 7.19. The summed E-state index contributed by atoms with van der Waals surface area (Å²) in [7, 11) is 4.18. The van der Waals surface area contributed by atoms with Gasteiger partial charge in [0.05, 0.1) is 10.0 Å². The molecule has 1 aliphatic heterocycles. The molecular weight excluding hydrogens is 267 g/mol. The summed E-state index contributed by atoms with van der Waals surface area (Å²) in [6.45, 7) is 2.13. The highest BCUT2D eigenvalue weighted by Gasteiger charge is 2.31. The molecule has 0 amide bonds. The Labute approximate surface area is 119 Å². The maximum Gasteiger partial charge on any atom is 0.0640 e. The van der Waals surface area contributed by atoms with Gasteiger partial charge in [0.25, 0.3) is 0 Å². The van der Waals surface area contributed by atoms with E-state index in [1.54, 1.807) is 0 Å². The molecule has 0 aromatic heterocycles. The maximum atomic E-state index is 6.38. The SMILES string of the molecule is CNCC1CCCN(C)C1c1cccc(Cl)c1Cl. The molecule has 0 saturated carbocycles. The normalized spacial score (nSPS) is 25.3. The van der Waals surface area contributed by atoms with Crippen LogP contribution in [0.25, 0.3) is 0 Å². The van der Waals surface area contributed by atoms with Crippen LogP contribution in [0.5, 0.6) is 0 Å². The summed E-state index contributed by atoms with van der Waals surface area (Å²) in [5.74, 6) is 0.588. The average Bonchev–Trinajstić information content (AvgIpc) is 2.34. The number of nitrogens with one attached hydrogen (secondary N) is 1. The summed E-state index contributed by atoms with van der Waals surface area (Å²) in [4.78, 5) is 2.39. The van der Waals surface area contributed by atoms with Crippen LogP contribution in [0.2, 0.25) is 10.0 Å². The van der Waals surface area contributed by atoms with Gasteiger partial charge in [-0.05, 0) is 57.6 Å². The molecule has 1 aromatic rings. The van der Waals surface area contributed by atoms with Crippen LogP contribution in [0.4, 0.5) is 0 Å². The smallest absolute Gasteiger partial charge is 0.0640 e. The Balaban J connectivity index is 2.34. The zero-order valence-corrected chi connectivity index (χ0v) is 12.4. The van der Waals surface area contributed by atoms with Gasteiger partial charge in [-0.2, -0.15) is 0 Å². The number of halogens is 2. The standard InChI is InChI=1S/C14H20Cl2N2/c1-17-9-10-5-4-8-18(2)14(10)11-6-3-7-12(15)13(11)16/h3,6-7,10,14,17H,4-5,8-9H2,1-2H3. The molecule has 2 atom stereocenters. The van der Waals surface area contributed by atoms with E-state index in [1.807, 2.05) is 19.2 Å². The summed E-state index contributed by atoms with van der Waals surface area (Å²) >= 11 is 12.5. The highest BCUT2D eigenvalue weighted by atomic mass is 35.5. The molecule has 1 heterocycles. The van der Waals surface area contributed by atoms with E-state index >= 15 is 0 Å². The highest BCUT2D eigenvalue weighted by Crippen LogP contribution is 2.40. The van der Waals surface area contributed by atoms with E-state index < -0.39 is 0 Å². The van der Waals surface area contributed by atoms with E-state index in [-0.39, 0.29) is 0 Å². The topological polar surface area (TPSA) is 15.3 Å². The second-order valence-corrected chi connectivity index (χ2v) is 5.81. The van der Waals surface area contributed by atoms with Gasteiger partial charge in [-0.15, -0.1) is 0 Å². The lowest BCUT2D eigenvalue weighted by Crippen LogP contribution is -2.40. The Morgan fingerprint density at radius 1 is 1.39 bits per heavy atom. The Morgan fingerprint density at radius 3 is 2.89 bits per heavy atom. The second-order valence-electron chi connectivity index (χ2n) is 5.03. The van der Waals surface area contributed by atoms with Gasteiger partial charge in [0, 0.05) is 6.04 Å². The Hall–Kier alpha value is -0.280. The molecule has 1 saturated heterocycles. The molecule has 2 unspecified atom stereocenters. The Morgan fingerprint density at radius 2 is 2.17 bits per heavy atom. The van der Waals surface area contributed by atoms with Gasteiger partial charge in [0.15, 0.2) is 0 Å². The van der Waals surface area contributed by atoms with Crippen LogP contribution < -0.4 is 5.32 Å². The summed E-state index contributed by atoms with van der Waals surface area (Å²) in [5.41, 5.74) is 1.16. The summed E-state index contributed by atoms with van der Waals surface area (Å²) < 4.78 is 0. The van der Waals surface area contributed by atoms with Crippen LogP contribution in [0.15, 0.2) is 18.2 Å². The third kappa shape index (κ3) is 2.83. The van der Waals surface area contributed by atoms with Crippen molar-refractivity contribution in [2.45, 2.75) is 18.9 Å². The first kappa shape index (κ1) is 14.1. The number of benzene rings is 1. The molecule has 1 aromatic carbocycles. The van der Waals surface area contributed by atoms with E-state index in [9.17, 15) is 0 Å². The minimum Gasteiger partial charge on any atom is -0.319 e. The molecule has 2 nitrogen and oxygen atoms in total. The third-order valence-electron chi connectivity index (χ3n) is 3.77. The van der Waals surface area contributed by atoms with Gasteiger partial charge >= 0.3 is 0 Å². The van der Waals surface area contributed by atoms with Gasteiger partial charge < -0.3 is 5.32 Å². The lowest BCUT2D eigenvalue weighted by molar-refractivity contribution is 0.121. The zero-order chi connectivity index (χ0) is 13.1. The van der Waals surface area contributed by atoms with Crippen LogP contribution >= 0.6 is 23.2 Å². The lowest BCUT2D eigenvalue weighted by Gasteiger charge is -2.40. The van der Waals surface area contributed by atoms with Crippen molar-refractivity contribution in [2.24, 2.45) is 5.92 Å². The van der Waals surface area contributed by atoms with Crippen LogP contribution in [0, 0.1) is 5.92 Å². The van der Waals surface area contributed by atoms with Crippen LogP contribution in [0.3, 0.4) is 0 Å². The van der Waals surface area contributed by atoms with Crippen molar-refractivity contribution in [3.63, 3.8) is 0 Å². The largest absolute Gasteiger partial charge is 0.319 e. The monoisotopic (exact) mass is 286 g/mol. The molecule has 2 rings (SSSR count). The lowest BCUT2D eigenvalue weighted by atomic mass is 9.85. The molecule has 100 valence electrons. The molecule has 4 heteroatoms. The zero-order valence-electron chi connectivity index (χ0n) is 10.9. The van der Waals surface area contributed by atoms with Gasteiger partial charge in [-0.25, -0.2) is 0 Å². The van der Waals surface area contributed by atoms with Gasteiger partial charge in [-0.3, -0.25) is 4.90 Å². The molecule has 1 aliphatic rings. The van der Waals surface area contributed by atoms with E-state index in [0.717, 1.165) is 18.7 Å². The van der Waals surface area contributed by atoms with E-state index in [0.29, 0.717) is 22.0 Å². The summed E-state index contributed by atoms with van der Waals surface area (Å²) in [6, 6.07) is 6.30. The van der Waals surface area contributed by atoms with Crippen LogP contribution in [0.1, 0.15) is 24.4 Å². The third-order valence-corrected chi connectivity index (χ3v) is 4.61. The maximum absolute atomic E-state index is 6.38. The predicted molar refractivity (Wildman–Crippen MR) is 78.5 cm³/mol. The number of hydrogen-bond acceptors (Lipinski definition) is 2. The Kier molecular flexibility index (Phi) is 4.91. The fourth-order valence-corrected chi connectivity index (χ4v) is 3.40. The first-order chi connectivity index (χ1) is 8.65. The highest BCUT2D eigenvalue weighted by molar-refractivity contribution is 6.42. The van der Waals surface area contributed by atoms with E-state index in [4.69, 9.17) is 23.2 Å². The fourth-order valence-electron chi connectivity index (χ4n) is 2.98. The van der Waals surface area contributed by atoms with Crippen molar-refractivity contribution in [1.82, 2.24) is 10.2 Å². The minimum atomic E-state index is 0.359. The molecular formula is C14H20Cl2N2. The molecule has 18 heavy (non-hydrogen) atoms. The minimum absolute atomic E-state index is 0.359. The van der Waals surface area contributed by atoms with Gasteiger partial charge in [0.1, 0.15) is 0 Å². The molecule has 0 bridgehead atoms. The van der Waals surface area contributed by atoms with Gasteiger partial charge in [-0.1, -0.05) is 35.3 Å². The van der Waals surface area contributed by atoms with Crippen LogP contribution in [-0.2, 0) is 0 Å². The van der Waals surface area contributed by atoms with Crippen molar-refractivity contribution in [3.8, 4) is 0 Å². The number of piperidine rings is 1. The van der Waals surface area contributed by atoms with E-state index in [2.05, 4.69) is 23.3 Å². The van der Waals surface area contributed by atoms with Crippen molar-refractivity contribution < 1.29 is 0 Å². The van der Waals surface area contributed by atoms with Gasteiger partial charge in [0.2, 0.25) is 0 Å². The fraction of sp³-hybridized carbons (Fsp3) is 0.571. The molecule has 1 N–H and O–H groups in total. The second kappa shape index (κ2) is 6.25. The van der Waals surface area contributed by atoms with Crippen molar-refractivity contribution in [3.05, 3.63) is 33.8 Å². The molecule has 0 spiro atoms. The number of hydrogen-bond donors (Lipinski definition) is 1. The van der Waals surface area contributed by atoms with Crippen LogP contribution in [-0.4, -0.2) is 32.1 Å². The molecule has 1 fully saturated rings. The number of nitrogens with zero attached hydrogens (tertiary/aromatic N) is 1. The first-order valence-electron chi connectivity index (χ1n) is 6.44. The van der Waals surface area contributed by atoms with Crippen molar-refractivity contribution >= 4 is 23.2 Å². The Bertz CT molecular complexity index is 407. The number of rotatable bonds is 3. The van der Waals surface area contributed by atoms with Crippen molar-refractivity contribution in [1.29, 1.82) is 0 Å². The average molecular weight is 287 g/mol. The molecule has 0 aliphatic carbocycles. The van der Waals surface area contributed by atoms with Crippen molar-refractivity contribution in [2.75, 3.05) is 27.2 Å². The predicted octanol–water partition coefficient (Wildman–Crippen LogP) is 3.60.